The zero-order valence-corrected chi connectivity index (χ0v) is 11.5. The Labute approximate surface area is 108 Å². The van der Waals surface area contributed by atoms with Crippen molar-refractivity contribution in [1.29, 1.82) is 0 Å². The van der Waals surface area contributed by atoms with Gasteiger partial charge in [-0.15, -0.1) is 0 Å². The van der Waals surface area contributed by atoms with Crippen LogP contribution in [0.15, 0.2) is 0 Å². The van der Waals surface area contributed by atoms with Crippen LogP contribution in [0.3, 0.4) is 0 Å². The summed E-state index contributed by atoms with van der Waals surface area (Å²) in [6.07, 6.45) is 0. The summed E-state index contributed by atoms with van der Waals surface area (Å²) in [4.78, 5) is 8.19. The Kier molecular flexibility index (Phi) is 28.8. The van der Waals surface area contributed by atoms with Crippen molar-refractivity contribution in [2.24, 2.45) is 0 Å². The summed E-state index contributed by atoms with van der Waals surface area (Å²) in [6.45, 7) is 3.72. The minimum Gasteiger partial charge on any atom is -0.435 e. The van der Waals surface area contributed by atoms with Crippen molar-refractivity contribution in [3.8, 4) is 0 Å². The SMILES string of the molecule is C[SiH](C)O.[Ce].[Ce]. The Hall–Kier alpha value is 2.93. The van der Waals surface area contributed by atoms with Crippen molar-refractivity contribution in [3.63, 3.8) is 0 Å². The van der Waals surface area contributed by atoms with Crippen LogP contribution in [0.5, 0.6) is 0 Å². The molecule has 0 saturated carbocycles. The molecule has 0 aromatic rings. The Morgan fingerprint density at radius 2 is 1.17 bits per heavy atom. The summed E-state index contributed by atoms with van der Waals surface area (Å²) in [5, 5.41) is 0. The summed E-state index contributed by atoms with van der Waals surface area (Å²) in [7, 11) is -1.14. The third-order valence-electron chi connectivity index (χ3n) is 0. The third-order valence-corrected chi connectivity index (χ3v) is 0. The molecule has 0 bridgehead atoms. The Balaban J connectivity index is -0.0000000450. The summed E-state index contributed by atoms with van der Waals surface area (Å²) in [6, 6.07) is 0. The molecule has 0 aliphatic rings. The molecule has 0 aromatic heterocycles. The van der Waals surface area contributed by atoms with Crippen molar-refractivity contribution < 1.29 is 88.3 Å². The smallest absolute Gasteiger partial charge is 0.166 e. The van der Waals surface area contributed by atoms with Crippen LogP contribution in [0.4, 0.5) is 0 Å². The average molecular weight is 356 g/mol. The maximum Gasteiger partial charge on any atom is 0.166 e. The van der Waals surface area contributed by atoms with Crippen LogP contribution in [0, 0.1) is 83.5 Å². The van der Waals surface area contributed by atoms with E-state index in [-0.39, 0.29) is 83.5 Å². The first-order valence-electron chi connectivity index (χ1n) is 1.41. The van der Waals surface area contributed by atoms with Crippen molar-refractivity contribution in [3.05, 3.63) is 0 Å². The molecule has 0 radical (unpaired) electrons. The number of hydrogen-bond donors (Lipinski definition) is 1. The molecular formula is C2H8Ce2OSi. The molecule has 0 rings (SSSR count). The van der Waals surface area contributed by atoms with E-state index in [4.69, 9.17) is 4.80 Å². The molecule has 0 heterocycles. The fourth-order valence-corrected chi connectivity index (χ4v) is 0. The molecule has 1 N–H and O–H groups in total. The van der Waals surface area contributed by atoms with Gasteiger partial charge in [0.2, 0.25) is 0 Å². The minimum atomic E-state index is -1.14. The van der Waals surface area contributed by atoms with E-state index in [1.807, 2.05) is 13.1 Å². The van der Waals surface area contributed by atoms with Gasteiger partial charge in [0.25, 0.3) is 0 Å². The Morgan fingerprint density at radius 3 is 1.17 bits per heavy atom. The van der Waals surface area contributed by atoms with Gasteiger partial charge in [-0.3, -0.25) is 0 Å². The standard InChI is InChI=1S/C2H8OSi.2Ce/c1-4(2)3;;/h3-4H,1-2H3;;. The van der Waals surface area contributed by atoms with E-state index in [9.17, 15) is 0 Å². The van der Waals surface area contributed by atoms with E-state index in [1.165, 1.54) is 0 Å². The van der Waals surface area contributed by atoms with Crippen LogP contribution in [0.25, 0.3) is 0 Å². The average Bonchev–Trinajstić information content (AvgIpc) is 0.811. The molecule has 0 atom stereocenters. The largest absolute Gasteiger partial charge is 0.435 e. The van der Waals surface area contributed by atoms with Gasteiger partial charge >= 0.3 is 0 Å². The van der Waals surface area contributed by atoms with Crippen LogP contribution in [0.1, 0.15) is 0 Å². The molecule has 34 valence electrons. The molecule has 0 fully saturated rings. The molecule has 0 spiro atoms. The second-order valence-electron chi connectivity index (χ2n) is 1.09. The normalized spacial score (nSPS) is 6.00. The van der Waals surface area contributed by atoms with Crippen molar-refractivity contribution >= 4 is 9.04 Å². The fourth-order valence-electron chi connectivity index (χ4n) is 0. The minimum absolute atomic E-state index is 0. The van der Waals surface area contributed by atoms with Gasteiger partial charge in [0, 0.05) is 83.5 Å². The number of rotatable bonds is 0. The van der Waals surface area contributed by atoms with Crippen LogP contribution in [-0.2, 0) is 0 Å². The van der Waals surface area contributed by atoms with Crippen molar-refractivity contribution in [2.45, 2.75) is 13.1 Å². The summed E-state index contributed by atoms with van der Waals surface area (Å²) < 4.78 is 0. The second kappa shape index (κ2) is 10.8. The molecular weight excluding hydrogens is 348 g/mol. The molecule has 0 aromatic carbocycles. The van der Waals surface area contributed by atoms with Crippen LogP contribution < -0.4 is 0 Å². The van der Waals surface area contributed by atoms with Gasteiger partial charge in [-0.2, -0.15) is 0 Å². The predicted octanol–water partition coefficient (Wildman–Crippen LogP) is -0.0379. The third kappa shape index (κ3) is 28.4. The summed E-state index contributed by atoms with van der Waals surface area (Å²) in [5.41, 5.74) is 0. The van der Waals surface area contributed by atoms with Gasteiger partial charge in [0.05, 0.1) is 0 Å². The first kappa shape index (κ1) is 16.0. The van der Waals surface area contributed by atoms with E-state index >= 15 is 0 Å². The maximum atomic E-state index is 8.19. The summed E-state index contributed by atoms with van der Waals surface area (Å²) in [5.74, 6) is 0. The van der Waals surface area contributed by atoms with Gasteiger partial charge in [-0.1, -0.05) is 0 Å². The van der Waals surface area contributed by atoms with Gasteiger partial charge < -0.3 is 4.80 Å². The molecule has 0 unspecified atom stereocenters. The monoisotopic (exact) mass is 356 g/mol. The molecule has 0 aliphatic heterocycles. The van der Waals surface area contributed by atoms with Gasteiger partial charge in [-0.05, 0) is 13.1 Å². The Morgan fingerprint density at radius 1 is 1.17 bits per heavy atom. The molecule has 1 nitrogen and oxygen atoms in total. The zero-order valence-electron chi connectivity index (χ0n) is 4.02. The second-order valence-corrected chi connectivity index (χ2v) is 3.28. The van der Waals surface area contributed by atoms with E-state index in [0.717, 1.165) is 0 Å². The first-order valence-corrected chi connectivity index (χ1v) is 4.24. The zero-order chi connectivity index (χ0) is 3.58. The van der Waals surface area contributed by atoms with Gasteiger partial charge in [0.1, 0.15) is 0 Å². The van der Waals surface area contributed by atoms with Gasteiger partial charge in [0.15, 0.2) is 9.04 Å². The van der Waals surface area contributed by atoms with Crippen molar-refractivity contribution in [1.82, 2.24) is 0 Å². The van der Waals surface area contributed by atoms with Crippen LogP contribution >= 0.6 is 0 Å². The van der Waals surface area contributed by atoms with E-state index in [2.05, 4.69) is 0 Å². The van der Waals surface area contributed by atoms with Crippen LogP contribution in [0.2, 0.25) is 13.1 Å². The quantitative estimate of drug-likeness (QED) is 0.604. The molecule has 6 heavy (non-hydrogen) atoms. The van der Waals surface area contributed by atoms with E-state index in [1.54, 1.807) is 0 Å². The molecule has 0 aliphatic carbocycles. The first-order chi connectivity index (χ1) is 1.73. The Bertz CT molecular complexity index is 16.3. The number of hydrogen-bond acceptors (Lipinski definition) is 1. The predicted molar refractivity (Wildman–Crippen MR) is 21.1 cm³/mol. The topological polar surface area (TPSA) is 20.2 Å². The molecule has 0 saturated heterocycles. The van der Waals surface area contributed by atoms with Gasteiger partial charge in [-0.25, -0.2) is 0 Å². The maximum absolute atomic E-state index is 8.19. The van der Waals surface area contributed by atoms with Crippen molar-refractivity contribution in [2.75, 3.05) is 0 Å². The fraction of sp³-hybridized carbons (Fsp3) is 1.00. The van der Waals surface area contributed by atoms with E-state index < -0.39 is 9.04 Å². The molecule has 0 amide bonds. The van der Waals surface area contributed by atoms with E-state index in [0.29, 0.717) is 0 Å². The summed E-state index contributed by atoms with van der Waals surface area (Å²) >= 11 is 0. The van der Waals surface area contributed by atoms with Crippen LogP contribution in [-0.4, -0.2) is 13.8 Å². The molecule has 4 heteroatoms.